The first-order chi connectivity index (χ1) is 17.1. The summed E-state index contributed by atoms with van der Waals surface area (Å²) in [6, 6.07) is 0. The molecule has 0 spiro atoms. The van der Waals surface area contributed by atoms with Crippen LogP contribution in [0.25, 0.3) is 0 Å². The van der Waals surface area contributed by atoms with E-state index in [4.69, 9.17) is 4.74 Å². The molecule has 0 aromatic rings. The Bertz CT molecular complexity index is 922. The molecule has 0 amide bonds. The van der Waals surface area contributed by atoms with Crippen molar-refractivity contribution in [3.63, 3.8) is 0 Å². The van der Waals surface area contributed by atoms with Gasteiger partial charge in [-0.2, -0.15) is 0 Å². The van der Waals surface area contributed by atoms with Gasteiger partial charge >= 0.3 is 11.9 Å². The zero-order chi connectivity index (χ0) is 27.6. The van der Waals surface area contributed by atoms with Crippen LogP contribution in [0.5, 0.6) is 0 Å². The molecule has 0 saturated heterocycles. The van der Waals surface area contributed by atoms with E-state index in [1.54, 1.807) is 0 Å². The maximum Gasteiger partial charge on any atom is 0.310 e. The number of Topliss-reactive ketones (excluding diaryl/α,β-unsaturated/α-hetero) is 1. The van der Waals surface area contributed by atoms with Crippen molar-refractivity contribution < 1.29 is 24.2 Å². The first-order valence-electron chi connectivity index (χ1n) is 15.1. The Balaban J connectivity index is 1.67. The Morgan fingerprint density at radius 1 is 0.973 bits per heavy atom. The largest absolute Gasteiger partial charge is 0.481 e. The van der Waals surface area contributed by atoms with E-state index in [2.05, 4.69) is 48.5 Å². The third kappa shape index (κ3) is 4.20. The van der Waals surface area contributed by atoms with Crippen molar-refractivity contribution in [2.45, 2.75) is 126 Å². The molecule has 0 aliphatic heterocycles. The van der Waals surface area contributed by atoms with Gasteiger partial charge < -0.3 is 9.84 Å². The molecular weight excluding hydrogens is 464 g/mol. The molecule has 0 heterocycles. The molecule has 4 saturated carbocycles. The lowest BCUT2D eigenvalue weighted by molar-refractivity contribution is -0.220. The monoisotopic (exact) mass is 516 g/mol. The van der Waals surface area contributed by atoms with E-state index >= 15 is 0 Å². The van der Waals surface area contributed by atoms with Crippen molar-refractivity contribution in [3.05, 3.63) is 0 Å². The molecule has 9 atom stereocenters. The zero-order valence-electron chi connectivity index (χ0n) is 24.7. The van der Waals surface area contributed by atoms with Crippen LogP contribution in [0, 0.1) is 57.2 Å². The molecule has 0 radical (unpaired) electrons. The third-order valence-electron chi connectivity index (χ3n) is 12.5. The molecule has 37 heavy (non-hydrogen) atoms. The highest BCUT2D eigenvalue weighted by Gasteiger charge is 2.73. The van der Waals surface area contributed by atoms with E-state index in [0.717, 1.165) is 31.6 Å². The minimum atomic E-state index is -1.06. The molecule has 1 N–H and O–H groups in total. The standard InChI is InChI=1S/C32H52O5/c1-19(2)10-9-11-20(3)22-14-16-30(7)23-12-13-25-29(5,6)26(37-21(4)33)15-17-32(25,28(35)36)27(23)24(34)18-31(22,30)8/h19-20,22-23,25-27H,9-18H2,1-8H3,(H,35,36). The van der Waals surface area contributed by atoms with Gasteiger partial charge in [0.25, 0.3) is 0 Å². The fourth-order valence-corrected chi connectivity index (χ4v) is 10.5. The summed E-state index contributed by atoms with van der Waals surface area (Å²) < 4.78 is 5.72. The minimum absolute atomic E-state index is 0.0210. The topological polar surface area (TPSA) is 80.7 Å². The summed E-state index contributed by atoms with van der Waals surface area (Å²) in [7, 11) is 0. The molecule has 4 aliphatic rings. The molecule has 4 aliphatic carbocycles. The van der Waals surface area contributed by atoms with E-state index in [1.807, 2.05) is 0 Å². The Kier molecular flexibility index (Phi) is 7.47. The molecular formula is C32H52O5. The smallest absolute Gasteiger partial charge is 0.310 e. The number of ether oxygens (including phenoxy) is 1. The average Bonchev–Trinajstić information content (AvgIpc) is 3.05. The maximum absolute atomic E-state index is 14.3. The Morgan fingerprint density at radius 2 is 1.65 bits per heavy atom. The van der Waals surface area contributed by atoms with E-state index in [0.29, 0.717) is 31.1 Å². The van der Waals surface area contributed by atoms with Crippen LogP contribution in [-0.2, 0) is 19.1 Å². The van der Waals surface area contributed by atoms with Crippen molar-refractivity contribution in [2.75, 3.05) is 0 Å². The number of carbonyl (C=O) groups is 3. The lowest BCUT2D eigenvalue weighted by Crippen LogP contribution is -2.67. The summed E-state index contributed by atoms with van der Waals surface area (Å²) in [5.41, 5.74) is -1.64. The van der Waals surface area contributed by atoms with Crippen LogP contribution < -0.4 is 0 Å². The summed E-state index contributed by atoms with van der Waals surface area (Å²) in [6.07, 6.45) is 8.76. The van der Waals surface area contributed by atoms with Crippen LogP contribution in [0.4, 0.5) is 0 Å². The van der Waals surface area contributed by atoms with Crippen molar-refractivity contribution in [2.24, 2.45) is 57.2 Å². The lowest BCUT2D eigenvalue weighted by atomic mass is 9.37. The molecule has 5 nitrogen and oxygen atoms in total. The maximum atomic E-state index is 14.3. The Hall–Kier alpha value is -1.39. The molecule has 5 heteroatoms. The highest BCUT2D eigenvalue weighted by molar-refractivity contribution is 5.91. The van der Waals surface area contributed by atoms with Crippen molar-refractivity contribution >= 4 is 17.7 Å². The van der Waals surface area contributed by atoms with Crippen LogP contribution in [-0.4, -0.2) is 28.9 Å². The van der Waals surface area contributed by atoms with Gasteiger partial charge in [-0.3, -0.25) is 14.4 Å². The van der Waals surface area contributed by atoms with E-state index in [1.165, 1.54) is 26.2 Å². The van der Waals surface area contributed by atoms with Crippen LogP contribution >= 0.6 is 0 Å². The number of carboxylic acids is 1. The number of ketones is 1. The van der Waals surface area contributed by atoms with Gasteiger partial charge in [0.05, 0.1) is 5.41 Å². The van der Waals surface area contributed by atoms with Gasteiger partial charge in [0.1, 0.15) is 11.9 Å². The van der Waals surface area contributed by atoms with Crippen LogP contribution in [0.3, 0.4) is 0 Å². The van der Waals surface area contributed by atoms with Gasteiger partial charge in [-0.1, -0.05) is 67.7 Å². The van der Waals surface area contributed by atoms with Crippen molar-refractivity contribution in [1.82, 2.24) is 0 Å². The van der Waals surface area contributed by atoms with Gasteiger partial charge in [0, 0.05) is 24.7 Å². The summed E-state index contributed by atoms with van der Waals surface area (Å²) >= 11 is 0. The highest BCUT2D eigenvalue weighted by atomic mass is 16.5. The molecule has 4 fully saturated rings. The van der Waals surface area contributed by atoms with Crippen LogP contribution in [0.15, 0.2) is 0 Å². The number of carbonyl (C=O) groups excluding carboxylic acids is 2. The Labute approximate surface area is 224 Å². The molecule has 4 rings (SSSR count). The predicted molar refractivity (Wildman–Crippen MR) is 145 cm³/mol. The fraction of sp³-hybridized carbons (Fsp3) is 0.906. The first kappa shape index (κ1) is 28.6. The van der Waals surface area contributed by atoms with Crippen LogP contribution in [0.2, 0.25) is 0 Å². The second-order valence-corrected chi connectivity index (χ2v) is 14.9. The van der Waals surface area contributed by atoms with Gasteiger partial charge in [0.15, 0.2) is 0 Å². The summed E-state index contributed by atoms with van der Waals surface area (Å²) in [4.78, 5) is 39.4. The van der Waals surface area contributed by atoms with E-state index in [-0.39, 0.29) is 40.5 Å². The van der Waals surface area contributed by atoms with Crippen molar-refractivity contribution in [1.29, 1.82) is 0 Å². The SMILES string of the molecule is CC(=O)OC1CCC2(C(=O)O)C3C(=O)CC4(C)C(C(C)CCCC(C)C)CCC4(C)C3CCC2C1(C)C. The quantitative estimate of drug-likeness (QED) is 0.359. The van der Waals surface area contributed by atoms with Crippen LogP contribution in [0.1, 0.15) is 120 Å². The average molecular weight is 517 g/mol. The molecule has 0 aromatic carbocycles. The minimum Gasteiger partial charge on any atom is -0.481 e. The summed E-state index contributed by atoms with van der Waals surface area (Å²) in [6.45, 7) is 17.3. The molecule has 0 aromatic heterocycles. The summed E-state index contributed by atoms with van der Waals surface area (Å²) in [5, 5.41) is 10.9. The second-order valence-electron chi connectivity index (χ2n) is 14.9. The van der Waals surface area contributed by atoms with Gasteiger partial charge in [-0.25, -0.2) is 0 Å². The van der Waals surface area contributed by atoms with Gasteiger partial charge in [-0.05, 0) is 78.9 Å². The number of carboxylic acid groups (broad SMARTS) is 1. The number of esters is 1. The number of hydrogen-bond acceptors (Lipinski definition) is 4. The third-order valence-corrected chi connectivity index (χ3v) is 12.5. The predicted octanol–water partition coefficient (Wildman–Crippen LogP) is 7.31. The van der Waals surface area contributed by atoms with Gasteiger partial charge in [-0.15, -0.1) is 0 Å². The second kappa shape index (κ2) is 9.66. The Morgan fingerprint density at radius 3 is 2.24 bits per heavy atom. The first-order valence-corrected chi connectivity index (χ1v) is 15.1. The highest BCUT2D eigenvalue weighted by Crippen LogP contribution is 2.74. The normalized spacial score (nSPS) is 43.5. The number of fused-ring (bicyclic) bond motifs is 5. The van der Waals surface area contributed by atoms with E-state index < -0.39 is 22.7 Å². The van der Waals surface area contributed by atoms with Crippen molar-refractivity contribution in [3.8, 4) is 0 Å². The molecule has 210 valence electrons. The molecule has 9 unspecified atom stereocenters. The molecule has 0 bridgehead atoms. The van der Waals surface area contributed by atoms with E-state index in [9.17, 15) is 19.5 Å². The van der Waals surface area contributed by atoms with Gasteiger partial charge in [0.2, 0.25) is 0 Å². The number of rotatable bonds is 7. The number of aliphatic carboxylic acids is 1. The number of hydrogen-bond donors (Lipinski definition) is 1. The lowest BCUT2D eigenvalue weighted by Gasteiger charge is -2.65. The zero-order valence-corrected chi connectivity index (χ0v) is 24.7. The fourth-order valence-electron chi connectivity index (χ4n) is 10.5. The summed E-state index contributed by atoms with van der Waals surface area (Å²) in [5.74, 6) is 0.387.